The summed E-state index contributed by atoms with van der Waals surface area (Å²) in [7, 11) is -1.15. The van der Waals surface area contributed by atoms with Crippen molar-refractivity contribution >= 4 is 30.4 Å². The number of nitrogens with zero attached hydrogens (tertiary/aromatic N) is 1. The first-order valence-corrected chi connectivity index (χ1v) is 16.6. The molecular formula is C34H47NO4Si. The Morgan fingerprint density at radius 3 is 2.10 bits per heavy atom. The monoisotopic (exact) mass is 561 g/mol. The number of rotatable bonds is 13. The van der Waals surface area contributed by atoms with Crippen LogP contribution in [0, 0.1) is 35.5 Å². The second-order valence-electron chi connectivity index (χ2n) is 12.5. The number of hydrogen-bond donors (Lipinski definition) is 1. The van der Waals surface area contributed by atoms with E-state index >= 15 is 0 Å². The second-order valence-corrected chi connectivity index (χ2v) is 16.8. The van der Waals surface area contributed by atoms with Crippen LogP contribution in [0.2, 0.25) is 5.04 Å². The number of oxime groups is 1. The van der Waals surface area contributed by atoms with Gasteiger partial charge >= 0.3 is 5.97 Å². The summed E-state index contributed by atoms with van der Waals surface area (Å²) >= 11 is 0. The Morgan fingerprint density at radius 2 is 1.62 bits per heavy atom. The average molecular weight is 562 g/mol. The van der Waals surface area contributed by atoms with Crippen LogP contribution >= 0.6 is 0 Å². The van der Waals surface area contributed by atoms with Crippen molar-refractivity contribution in [3.8, 4) is 11.8 Å². The summed E-state index contributed by atoms with van der Waals surface area (Å²) in [6, 6.07) is 21.1. The molecule has 0 heterocycles. The van der Waals surface area contributed by atoms with Crippen molar-refractivity contribution in [2.45, 2.75) is 78.2 Å². The highest BCUT2D eigenvalue weighted by atomic mass is 28.4. The van der Waals surface area contributed by atoms with Crippen molar-refractivity contribution in [3.63, 3.8) is 0 Å². The highest BCUT2D eigenvalue weighted by Crippen LogP contribution is 2.38. The maximum Gasteiger partial charge on any atom is 0.304 e. The first-order chi connectivity index (χ1) is 19.1. The minimum absolute atomic E-state index is 0.0310. The van der Waals surface area contributed by atoms with Gasteiger partial charge in [0, 0.05) is 18.4 Å². The number of carboxylic acid groups (broad SMARTS) is 1. The van der Waals surface area contributed by atoms with Gasteiger partial charge in [0.2, 0.25) is 0 Å². The SMILES string of the molecule is CON=C(C#CC1CC(CC(C)C)C1)[C@@H](CCCO[Si](c1ccccc1)(c1ccccc1)C(C)(C)C)CC(=O)O. The van der Waals surface area contributed by atoms with Crippen LogP contribution in [0.3, 0.4) is 0 Å². The number of hydrogen-bond acceptors (Lipinski definition) is 4. The van der Waals surface area contributed by atoms with Crippen LogP contribution in [-0.4, -0.2) is 38.8 Å². The molecule has 0 bridgehead atoms. The van der Waals surface area contributed by atoms with Crippen molar-refractivity contribution in [1.29, 1.82) is 0 Å². The fraction of sp³-hybridized carbons (Fsp3) is 0.529. The van der Waals surface area contributed by atoms with Gasteiger partial charge in [-0.05, 0) is 65.3 Å². The van der Waals surface area contributed by atoms with Crippen molar-refractivity contribution in [1.82, 2.24) is 0 Å². The van der Waals surface area contributed by atoms with Crippen LogP contribution in [0.4, 0.5) is 0 Å². The van der Waals surface area contributed by atoms with E-state index in [1.54, 1.807) is 0 Å². The number of aliphatic carboxylic acids is 1. The summed E-state index contributed by atoms with van der Waals surface area (Å²) in [6.45, 7) is 11.8. The maximum atomic E-state index is 11.8. The predicted octanol–water partition coefficient (Wildman–Crippen LogP) is 6.51. The Labute approximate surface area is 242 Å². The third-order valence-corrected chi connectivity index (χ3v) is 12.9. The summed E-state index contributed by atoms with van der Waals surface area (Å²) in [5, 5.41) is 16.2. The van der Waals surface area contributed by atoms with E-state index in [2.05, 4.69) is 100 Å². The standard InChI is InChI=1S/C34H47NO4Si/c1-26(2)22-28-23-27(24-28)19-20-32(35-38-6)29(25-33(36)37)14-13-21-39-40(34(3,4)5,30-15-9-7-10-16-30)31-17-11-8-12-18-31/h7-12,15-18,26-29H,13-14,21-25H2,1-6H3,(H,36,37)/t27?,28?,29-/m0/s1. The normalized spacial score (nSPS) is 18.4. The van der Waals surface area contributed by atoms with E-state index in [0.717, 1.165) is 18.8 Å². The van der Waals surface area contributed by atoms with Gasteiger partial charge in [0.1, 0.15) is 12.8 Å². The molecule has 0 radical (unpaired) electrons. The number of benzene rings is 2. The second kappa shape index (κ2) is 14.7. The molecule has 2 aromatic rings. The third-order valence-electron chi connectivity index (χ3n) is 7.87. The van der Waals surface area contributed by atoms with Gasteiger partial charge < -0.3 is 14.4 Å². The lowest BCUT2D eigenvalue weighted by Crippen LogP contribution is -2.66. The zero-order chi connectivity index (χ0) is 29.2. The van der Waals surface area contributed by atoms with E-state index in [-0.39, 0.29) is 17.4 Å². The molecule has 0 saturated heterocycles. The average Bonchev–Trinajstić information content (AvgIpc) is 2.88. The Balaban J connectivity index is 1.76. The third kappa shape index (κ3) is 8.31. The van der Waals surface area contributed by atoms with Crippen LogP contribution in [0.25, 0.3) is 0 Å². The van der Waals surface area contributed by atoms with Gasteiger partial charge in [-0.1, -0.05) is 106 Å². The van der Waals surface area contributed by atoms with Crippen LogP contribution < -0.4 is 10.4 Å². The fourth-order valence-corrected chi connectivity index (χ4v) is 10.7. The van der Waals surface area contributed by atoms with Crippen molar-refractivity contribution < 1.29 is 19.2 Å². The van der Waals surface area contributed by atoms with Gasteiger partial charge in [0.25, 0.3) is 8.32 Å². The molecule has 1 N–H and O–H groups in total. The smallest absolute Gasteiger partial charge is 0.304 e. The van der Waals surface area contributed by atoms with E-state index in [1.807, 2.05) is 12.1 Å². The molecule has 216 valence electrons. The molecule has 1 saturated carbocycles. The van der Waals surface area contributed by atoms with Crippen molar-refractivity contribution in [3.05, 3.63) is 60.7 Å². The van der Waals surface area contributed by atoms with Gasteiger partial charge in [-0.15, -0.1) is 0 Å². The Morgan fingerprint density at radius 1 is 1.05 bits per heavy atom. The molecule has 0 unspecified atom stereocenters. The van der Waals surface area contributed by atoms with Gasteiger partial charge in [0.15, 0.2) is 0 Å². The number of carbonyl (C=O) groups is 1. The molecule has 3 rings (SSSR count). The van der Waals surface area contributed by atoms with E-state index in [4.69, 9.17) is 9.26 Å². The molecule has 1 aliphatic rings. The fourth-order valence-electron chi connectivity index (χ4n) is 6.05. The highest BCUT2D eigenvalue weighted by molar-refractivity contribution is 6.99. The van der Waals surface area contributed by atoms with Crippen molar-refractivity contribution in [2.24, 2.45) is 28.8 Å². The molecular weight excluding hydrogens is 514 g/mol. The lowest BCUT2D eigenvalue weighted by Gasteiger charge is -2.43. The molecule has 0 spiro atoms. The minimum Gasteiger partial charge on any atom is -0.481 e. The molecule has 1 atom stereocenters. The molecule has 2 aromatic carbocycles. The summed E-state index contributed by atoms with van der Waals surface area (Å²) in [6.07, 6.45) is 4.75. The van der Waals surface area contributed by atoms with Crippen LogP contribution in [-0.2, 0) is 14.1 Å². The highest BCUT2D eigenvalue weighted by Gasteiger charge is 2.50. The molecule has 5 nitrogen and oxygen atoms in total. The minimum atomic E-state index is -2.64. The Bertz CT molecular complexity index is 1120. The van der Waals surface area contributed by atoms with Crippen LogP contribution in [0.5, 0.6) is 0 Å². The molecule has 1 fully saturated rings. The Kier molecular flexibility index (Phi) is 11.6. The van der Waals surface area contributed by atoms with Crippen LogP contribution in [0.1, 0.15) is 73.1 Å². The predicted molar refractivity (Wildman–Crippen MR) is 166 cm³/mol. The van der Waals surface area contributed by atoms with Gasteiger partial charge in [-0.3, -0.25) is 4.79 Å². The largest absolute Gasteiger partial charge is 0.481 e. The maximum absolute atomic E-state index is 11.8. The molecule has 6 heteroatoms. The van der Waals surface area contributed by atoms with E-state index in [9.17, 15) is 9.90 Å². The van der Waals surface area contributed by atoms with Crippen molar-refractivity contribution in [2.75, 3.05) is 13.7 Å². The lowest BCUT2D eigenvalue weighted by atomic mass is 9.71. The summed E-state index contributed by atoms with van der Waals surface area (Å²) in [5.74, 6) is 7.20. The molecule has 0 aromatic heterocycles. The molecule has 0 amide bonds. The van der Waals surface area contributed by atoms with E-state index < -0.39 is 14.3 Å². The summed E-state index contributed by atoms with van der Waals surface area (Å²) < 4.78 is 7.01. The Hall–Kier alpha value is -2.88. The zero-order valence-corrected chi connectivity index (χ0v) is 26.2. The summed E-state index contributed by atoms with van der Waals surface area (Å²) in [4.78, 5) is 16.9. The van der Waals surface area contributed by atoms with Gasteiger partial charge in [-0.25, -0.2) is 0 Å². The lowest BCUT2D eigenvalue weighted by molar-refractivity contribution is -0.137. The quantitative estimate of drug-likeness (QED) is 0.0995. The summed E-state index contributed by atoms with van der Waals surface area (Å²) in [5.41, 5.74) is 0.530. The van der Waals surface area contributed by atoms with E-state index in [0.29, 0.717) is 37.0 Å². The van der Waals surface area contributed by atoms with Gasteiger partial charge in [-0.2, -0.15) is 0 Å². The first-order valence-electron chi connectivity index (χ1n) is 14.7. The van der Waals surface area contributed by atoms with Gasteiger partial charge in [0.05, 0.1) is 6.42 Å². The van der Waals surface area contributed by atoms with E-state index in [1.165, 1.54) is 23.9 Å². The first kappa shape index (κ1) is 31.6. The number of carboxylic acids is 1. The topological polar surface area (TPSA) is 68.1 Å². The molecule has 0 aliphatic heterocycles. The molecule has 40 heavy (non-hydrogen) atoms. The van der Waals surface area contributed by atoms with Crippen LogP contribution in [0.15, 0.2) is 65.8 Å². The molecule has 1 aliphatic carbocycles. The zero-order valence-electron chi connectivity index (χ0n) is 25.2.